The van der Waals surface area contributed by atoms with Gasteiger partial charge in [-0.2, -0.15) is 0 Å². The summed E-state index contributed by atoms with van der Waals surface area (Å²) in [6, 6.07) is 0.675. The van der Waals surface area contributed by atoms with Gasteiger partial charge in [0.1, 0.15) is 0 Å². The van der Waals surface area contributed by atoms with Crippen molar-refractivity contribution in [3.63, 3.8) is 0 Å². The monoisotopic (exact) mass is 138 g/mol. The van der Waals surface area contributed by atoms with Gasteiger partial charge in [-0.1, -0.05) is 0 Å². The molecule has 0 saturated carbocycles. The second-order valence-electron chi connectivity index (χ2n) is 3.17. The molecule has 1 heterocycles. The smallest absolute Gasteiger partial charge is 0.182 e. The van der Waals surface area contributed by atoms with Crippen molar-refractivity contribution in [1.29, 1.82) is 0 Å². The van der Waals surface area contributed by atoms with E-state index in [1.165, 1.54) is 0 Å². The first kappa shape index (κ1) is 8.09. The third-order valence-corrected chi connectivity index (χ3v) is 2.08. The molecule has 2 radical (unpaired) electrons. The van der Waals surface area contributed by atoms with Crippen LogP contribution in [0.3, 0.4) is 0 Å². The Bertz CT molecular complexity index is 97.8. The topological polar surface area (TPSA) is 6.48 Å². The minimum Gasteiger partial charge on any atom is -0.351 e. The summed E-state index contributed by atoms with van der Waals surface area (Å²) in [7, 11) is 5.60. The first-order valence-corrected chi connectivity index (χ1v) is 3.94. The third-order valence-electron chi connectivity index (χ3n) is 2.08. The summed E-state index contributed by atoms with van der Waals surface area (Å²) >= 11 is 0. The Morgan fingerprint density at radius 1 is 1.10 bits per heavy atom. The van der Waals surface area contributed by atoms with E-state index in [1.54, 1.807) is 0 Å². The van der Waals surface area contributed by atoms with Gasteiger partial charge in [0.25, 0.3) is 0 Å². The summed E-state index contributed by atoms with van der Waals surface area (Å²) in [4.78, 5) is 4.34. The molecule has 0 aromatic rings. The van der Waals surface area contributed by atoms with Crippen LogP contribution in [0, 0.1) is 0 Å². The fourth-order valence-corrected chi connectivity index (χ4v) is 1.25. The standard InChI is InChI=1S/C7H15BN2/c1-7(2)9-3-5-10(8)6-4-9/h7H,3-6H2,1-2H3. The maximum atomic E-state index is 5.60. The summed E-state index contributed by atoms with van der Waals surface area (Å²) in [5.41, 5.74) is 0. The van der Waals surface area contributed by atoms with E-state index >= 15 is 0 Å². The Balaban J connectivity index is 2.26. The van der Waals surface area contributed by atoms with Crippen LogP contribution in [-0.4, -0.2) is 49.9 Å². The maximum absolute atomic E-state index is 5.60. The predicted molar refractivity (Wildman–Crippen MR) is 44.0 cm³/mol. The summed E-state index contributed by atoms with van der Waals surface area (Å²) in [5, 5.41) is 0. The summed E-state index contributed by atoms with van der Waals surface area (Å²) in [5.74, 6) is 0. The van der Waals surface area contributed by atoms with Crippen molar-refractivity contribution in [2.45, 2.75) is 19.9 Å². The fourth-order valence-electron chi connectivity index (χ4n) is 1.25. The van der Waals surface area contributed by atoms with Crippen molar-refractivity contribution in [2.75, 3.05) is 26.2 Å². The Kier molecular flexibility index (Phi) is 2.75. The molecular formula is C7H15BN2. The third kappa shape index (κ3) is 1.99. The van der Waals surface area contributed by atoms with Gasteiger partial charge in [0, 0.05) is 19.1 Å². The highest BCUT2D eigenvalue weighted by molar-refractivity contribution is 6.04. The maximum Gasteiger partial charge on any atom is 0.182 e. The Labute approximate surface area is 64.6 Å². The molecule has 1 saturated heterocycles. The molecule has 1 rings (SSSR count). The number of hydrogen-bond acceptors (Lipinski definition) is 2. The van der Waals surface area contributed by atoms with E-state index in [0.29, 0.717) is 6.04 Å². The van der Waals surface area contributed by atoms with Crippen molar-refractivity contribution < 1.29 is 0 Å². The van der Waals surface area contributed by atoms with Gasteiger partial charge < -0.3 is 4.81 Å². The highest BCUT2D eigenvalue weighted by atomic mass is 15.2. The van der Waals surface area contributed by atoms with Gasteiger partial charge in [-0.3, -0.25) is 4.90 Å². The van der Waals surface area contributed by atoms with E-state index in [1.807, 2.05) is 4.81 Å². The van der Waals surface area contributed by atoms with Crippen molar-refractivity contribution in [2.24, 2.45) is 0 Å². The molecule has 0 aromatic carbocycles. The number of piperazine rings is 1. The number of rotatable bonds is 1. The van der Waals surface area contributed by atoms with Gasteiger partial charge in [-0.05, 0) is 26.9 Å². The molecule has 1 fully saturated rings. The highest BCUT2D eigenvalue weighted by Crippen LogP contribution is 2.02. The van der Waals surface area contributed by atoms with Crippen LogP contribution in [0.15, 0.2) is 0 Å². The summed E-state index contributed by atoms with van der Waals surface area (Å²) in [6.45, 7) is 8.72. The average Bonchev–Trinajstić information content (AvgIpc) is 1.88. The lowest BCUT2D eigenvalue weighted by Crippen LogP contribution is -2.47. The molecule has 10 heavy (non-hydrogen) atoms. The minimum atomic E-state index is 0.675. The fraction of sp³-hybridized carbons (Fsp3) is 1.00. The Morgan fingerprint density at radius 2 is 1.60 bits per heavy atom. The molecule has 2 nitrogen and oxygen atoms in total. The van der Waals surface area contributed by atoms with Gasteiger partial charge in [-0.15, -0.1) is 0 Å². The summed E-state index contributed by atoms with van der Waals surface area (Å²) < 4.78 is 0. The van der Waals surface area contributed by atoms with Crippen LogP contribution >= 0.6 is 0 Å². The molecule has 3 heteroatoms. The molecule has 0 unspecified atom stereocenters. The van der Waals surface area contributed by atoms with E-state index in [2.05, 4.69) is 18.7 Å². The van der Waals surface area contributed by atoms with Gasteiger partial charge in [-0.25, -0.2) is 0 Å². The van der Waals surface area contributed by atoms with Crippen molar-refractivity contribution in [1.82, 2.24) is 9.71 Å². The van der Waals surface area contributed by atoms with Crippen molar-refractivity contribution >= 4 is 7.98 Å². The van der Waals surface area contributed by atoms with Crippen LogP contribution in [0.5, 0.6) is 0 Å². The van der Waals surface area contributed by atoms with E-state index < -0.39 is 0 Å². The van der Waals surface area contributed by atoms with Crippen molar-refractivity contribution in [3.8, 4) is 0 Å². The lowest BCUT2D eigenvalue weighted by molar-refractivity contribution is 0.156. The average molecular weight is 138 g/mol. The minimum absolute atomic E-state index is 0.675. The number of nitrogens with zero attached hydrogens (tertiary/aromatic N) is 2. The normalized spacial score (nSPS) is 23.9. The van der Waals surface area contributed by atoms with Crippen molar-refractivity contribution in [3.05, 3.63) is 0 Å². The van der Waals surface area contributed by atoms with Crippen LogP contribution in [0.25, 0.3) is 0 Å². The number of hydrogen-bond donors (Lipinski definition) is 0. The first-order valence-electron chi connectivity index (χ1n) is 3.94. The van der Waals surface area contributed by atoms with Crippen LogP contribution in [0.4, 0.5) is 0 Å². The van der Waals surface area contributed by atoms with Gasteiger partial charge >= 0.3 is 0 Å². The van der Waals surface area contributed by atoms with E-state index in [0.717, 1.165) is 26.2 Å². The zero-order chi connectivity index (χ0) is 7.56. The van der Waals surface area contributed by atoms with Gasteiger partial charge in [0.05, 0.1) is 0 Å². The van der Waals surface area contributed by atoms with E-state index in [4.69, 9.17) is 7.98 Å². The van der Waals surface area contributed by atoms with Crippen LogP contribution in [-0.2, 0) is 0 Å². The molecule has 0 aromatic heterocycles. The zero-order valence-electron chi connectivity index (χ0n) is 6.88. The second-order valence-corrected chi connectivity index (χ2v) is 3.17. The van der Waals surface area contributed by atoms with E-state index in [-0.39, 0.29) is 0 Å². The molecule has 0 N–H and O–H groups in total. The SMILES string of the molecule is [B]N1CCN(C(C)C)CC1. The molecule has 0 spiro atoms. The Morgan fingerprint density at radius 3 is 2.00 bits per heavy atom. The quantitative estimate of drug-likeness (QED) is 0.474. The summed E-state index contributed by atoms with van der Waals surface area (Å²) in [6.07, 6.45) is 0. The van der Waals surface area contributed by atoms with Crippen LogP contribution in [0.1, 0.15) is 13.8 Å². The molecular weight excluding hydrogens is 123 g/mol. The molecule has 1 aliphatic rings. The Hall–Kier alpha value is -0.0151. The molecule has 0 bridgehead atoms. The zero-order valence-corrected chi connectivity index (χ0v) is 6.88. The van der Waals surface area contributed by atoms with Gasteiger partial charge in [0.2, 0.25) is 0 Å². The predicted octanol–water partition coefficient (Wildman–Crippen LogP) is 0.0959. The molecule has 1 aliphatic heterocycles. The second kappa shape index (κ2) is 3.40. The molecule has 0 aliphatic carbocycles. The molecule has 0 amide bonds. The van der Waals surface area contributed by atoms with Gasteiger partial charge in [0.15, 0.2) is 7.98 Å². The van der Waals surface area contributed by atoms with E-state index in [9.17, 15) is 0 Å². The lowest BCUT2D eigenvalue weighted by Gasteiger charge is -2.35. The molecule has 56 valence electrons. The highest BCUT2D eigenvalue weighted by Gasteiger charge is 2.14. The largest absolute Gasteiger partial charge is 0.351 e. The van der Waals surface area contributed by atoms with Crippen LogP contribution in [0.2, 0.25) is 0 Å². The first-order chi connectivity index (χ1) is 4.70. The van der Waals surface area contributed by atoms with Crippen LogP contribution < -0.4 is 0 Å². The lowest BCUT2D eigenvalue weighted by atomic mass is 10.2. The molecule has 0 atom stereocenters.